The van der Waals surface area contributed by atoms with E-state index in [2.05, 4.69) is 5.32 Å². The van der Waals surface area contributed by atoms with Gasteiger partial charge in [0, 0.05) is 29.0 Å². The molecule has 1 aromatic heterocycles. The van der Waals surface area contributed by atoms with Gasteiger partial charge < -0.3 is 5.32 Å². The van der Waals surface area contributed by atoms with Crippen LogP contribution in [0.2, 0.25) is 0 Å². The van der Waals surface area contributed by atoms with Gasteiger partial charge in [-0.3, -0.25) is 4.79 Å². The Hall–Kier alpha value is -2.60. The van der Waals surface area contributed by atoms with Gasteiger partial charge in [0.15, 0.2) is 0 Å². The van der Waals surface area contributed by atoms with Crippen molar-refractivity contribution in [3.8, 4) is 5.69 Å². The van der Waals surface area contributed by atoms with Crippen molar-refractivity contribution < 1.29 is 9.18 Å². The van der Waals surface area contributed by atoms with Gasteiger partial charge in [0.2, 0.25) is 5.91 Å². The topological polar surface area (TPSA) is 46.9 Å². The average molecular weight is 381 g/mol. The third-order valence-corrected chi connectivity index (χ3v) is 5.66. The van der Waals surface area contributed by atoms with E-state index >= 15 is 0 Å². The summed E-state index contributed by atoms with van der Waals surface area (Å²) in [6, 6.07) is 14.3. The highest BCUT2D eigenvalue weighted by Gasteiger charge is 2.23. The van der Waals surface area contributed by atoms with Crippen LogP contribution in [0.1, 0.15) is 30.3 Å². The van der Waals surface area contributed by atoms with Crippen LogP contribution in [0.5, 0.6) is 0 Å². The summed E-state index contributed by atoms with van der Waals surface area (Å²) in [7, 11) is 0. The monoisotopic (exact) mass is 381 g/mol. The van der Waals surface area contributed by atoms with Crippen LogP contribution in [0, 0.1) is 5.82 Å². The zero-order valence-corrected chi connectivity index (χ0v) is 15.9. The van der Waals surface area contributed by atoms with Crippen LogP contribution >= 0.6 is 11.8 Å². The van der Waals surface area contributed by atoms with E-state index in [4.69, 9.17) is 5.10 Å². The third-order valence-electron chi connectivity index (χ3n) is 4.63. The number of rotatable bonds is 5. The van der Waals surface area contributed by atoms with E-state index < -0.39 is 0 Å². The molecule has 0 fully saturated rings. The Bertz CT molecular complexity index is 964. The second-order valence-corrected chi connectivity index (χ2v) is 7.66. The Kier molecular flexibility index (Phi) is 4.99. The number of fused-ring (bicyclic) bond motifs is 1. The normalized spacial score (nSPS) is 12.8. The SMILES string of the molecule is CC(=O)Nc1ccc(SCc2nn(-c3ccc(F)cc3)c3c2CCC3)cc1. The Morgan fingerprint density at radius 3 is 2.59 bits per heavy atom. The van der Waals surface area contributed by atoms with Crippen molar-refractivity contribution in [2.45, 2.75) is 36.8 Å². The first-order valence-corrected chi connectivity index (χ1v) is 9.95. The van der Waals surface area contributed by atoms with Crippen molar-refractivity contribution in [3.63, 3.8) is 0 Å². The molecule has 0 bridgehead atoms. The van der Waals surface area contributed by atoms with Crippen LogP contribution in [-0.4, -0.2) is 15.7 Å². The van der Waals surface area contributed by atoms with Crippen molar-refractivity contribution in [1.82, 2.24) is 9.78 Å². The van der Waals surface area contributed by atoms with Gasteiger partial charge in [-0.1, -0.05) is 0 Å². The lowest BCUT2D eigenvalue weighted by molar-refractivity contribution is -0.114. The maximum atomic E-state index is 13.2. The number of carbonyl (C=O) groups is 1. The molecule has 27 heavy (non-hydrogen) atoms. The zero-order valence-electron chi connectivity index (χ0n) is 15.0. The van der Waals surface area contributed by atoms with E-state index in [9.17, 15) is 9.18 Å². The minimum absolute atomic E-state index is 0.0719. The fraction of sp³-hybridized carbons (Fsp3) is 0.238. The second kappa shape index (κ2) is 7.56. The van der Waals surface area contributed by atoms with Crippen LogP contribution in [0.3, 0.4) is 0 Å². The van der Waals surface area contributed by atoms with Crippen LogP contribution in [-0.2, 0) is 23.4 Å². The van der Waals surface area contributed by atoms with E-state index in [1.165, 1.54) is 30.3 Å². The first-order chi connectivity index (χ1) is 13.1. The number of benzene rings is 2. The molecule has 0 saturated carbocycles. The highest BCUT2D eigenvalue weighted by Crippen LogP contribution is 2.32. The maximum absolute atomic E-state index is 13.2. The molecule has 0 atom stereocenters. The number of thioether (sulfide) groups is 1. The lowest BCUT2D eigenvalue weighted by Gasteiger charge is -2.05. The largest absolute Gasteiger partial charge is 0.326 e. The van der Waals surface area contributed by atoms with Gasteiger partial charge in [0.25, 0.3) is 0 Å². The molecule has 0 saturated heterocycles. The molecule has 138 valence electrons. The maximum Gasteiger partial charge on any atom is 0.221 e. The average Bonchev–Trinajstić information content (AvgIpc) is 3.25. The standard InChI is InChI=1S/C21H20FN3OS/c1-14(26)23-16-7-11-18(12-8-16)27-13-20-19-3-2-4-21(19)25(24-20)17-9-5-15(22)6-10-17/h5-12H,2-4,13H2,1H3,(H,23,26). The molecule has 1 N–H and O–H groups in total. The number of hydrogen-bond acceptors (Lipinski definition) is 3. The van der Waals surface area contributed by atoms with Crippen molar-refractivity contribution in [2.75, 3.05) is 5.32 Å². The first-order valence-electron chi connectivity index (χ1n) is 8.96. The first kappa shape index (κ1) is 17.8. The molecule has 1 aliphatic rings. The summed E-state index contributed by atoms with van der Waals surface area (Å²) in [5, 5.41) is 7.59. The van der Waals surface area contributed by atoms with Crippen LogP contribution in [0.25, 0.3) is 5.69 Å². The minimum atomic E-state index is -0.235. The number of aromatic nitrogens is 2. The molecule has 0 radical (unpaired) electrons. The highest BCUT2D eigenvalue weighted by atomic mass is 32.2. The number of nitrogens with zero attached hydrogens (tertiary/aromatic N) is 2. The molecule has 0 aliphatic heterocycles. The summed E-state index contributed by atoms with van der Waals surface area (Å²) < 4.78 is 15.2. The predicted octanol–water partition coefficient (Wildman–Crippen LogP) is 4.75. The van der Waals surface area contributed by atoms with Gasteiger partial charge in [-0.15, -0.1) is 11.8 Å². The molecule has 4 rings (SSSR count). The van der Waals surface area contributed by atoms with Gasteiger partial charge in [-0.2, -0.15) is 5.10 Å². The number of hydrogen-bond donors (Lipinski definition) is 1. The van der Waals surface area contributed by atoms with E-state index in [-0.39, 0.29) is 11.7 Å². The smallest absolute Gasteiger partial charge is 0.221 e. The molecule has 0 spiro atoms. The number of halogens is 1. The lowest BCUT2D eigenvalue weighted by Crippen LogP contribution is -2.05. The number of anilines is 1. The van der Waals surface area contributed by atoms with E-state index in [1.54, 1.807) is 23.9 Å². The zero-order chi connectivity index (χ0) is 18.8. The van der Waals surface area contributed by atoms with Gasteiger partial charge in [0.05, 0.1) is 11.4 Å². The highest BCUT2D eigenvalue weighted by molar-refractivity contribution is 7.98. The Morgan fingerprint density at radius 1 is 1.15 bits per heavy atom. The molecular weight excluding hydrogens is 361 g/mol. The summed E-state index contributed by atoms with van der Waals surface area (Å²) >= 11 is 1.73. The Morgan fingerprint density at radius 2 is 1.89 bits per heavy atom. The van der Waals surface area contributed by atoms with Crippen molar-refractivity contribution in [1.29, 1.82) is 0 Å². The number of carbonyl (C=O) groups excluding carboxylic acids is 1. The van der Waals surface area contributed by atoms with Crippen molar-refractivity contribution in [2.24, 2.45) is 0 Å². The summed E-state index contributed by atoms with van der Waals surface area (Å²) in [6.07, 6.45) is 3.20. The Balaban J connectivity index is 1.52. The van der Waals surface area contributed by atoms with Gasteiger partial charge in [-0.05, 0) is 73.4 Å². The minimum Gasteiger partial charge on any atom is -0.326 e. The molecule has 1 aliphatic carbocycles. The molecular formula is C21H20FN3OS. The molecule has 6 heteroatoms. The molecule has 1 amide bonds. The lowest BCUT2D eigenvalue weighted by atomic mass is 10.2. The summed E-state index contributed by atoms with van der Waals surface area (Å²) in [4.78, 5) is 12.2. The fourth-order valence-corrected chi connectivity index (χ4v) is 4.28. The van der Waals surface area contributed by atoms with Gasteiger partial charge in [0.1, 0.15) is 5.82 Å². The van der Waals surface area contributed by atoms with E-state index in [1.807, 2.05) is 28.9 Å². The van der Waals surface area contributed by atoms with Crippen LogP contribution in [0.15, 0.2) is 53.4 Å². The van der Waals surface area contributed by atoms with Crippen LogP contribution in [0.4, 0.5) is 10.1 Å². The summed E-state index contributed by atoms with van der Waals surface area (Å²) in [5.74, 6) is 0.481. The van der Waals surface area contributed by atoms with Crippen molar-refractivity contribution >= 4 is 23.4 Å². The summed E-state index contributed by atoms with van der Waals surface area (Å²) in [5.41, 5.74) is 5.39. The quantitative estimate of drug-likeness (QED) is 0.649. The third kappa shape index (κ3) is 3.90. The van der Waals surface area contributed by atoms with E-state index in [0.717, 1.165) is 47.0 Å². The van der Waals surface area contributed by atoms with Crippen molar-refractivity contribution in [3.05, 3.63) is 71.3 Å². The predicted molar refractivity (Wildman–Crippen MR) is 106 cm³/mol. The number of nitrogens with one attached hydrogen (secondary N) is 1. The van der Waals surface area contributed by atoms with Gasteiger partial charge in [-0.25, -0.2) is 9.07 Å². The number of amides is 1. The fourth-order valence-electron chi connectivity index (χ4n) is 3.42. The molecule has 4 nitrogen and oxygen atoms in total. The molecule has 3 aromatic rings. The molecule has 2 aromatic carbocycles. The van der Waals surface area contributed by atoms with Crippen LogP contribution < -0.4 is 5.32 Å². The second-order valence-electron chi connectivity index (χ2n) is 6.61. The molecule has 1 heterocycles. The summed E-state index contributed by atoms with van der Waals surface area (Å²) in [6.45, 7) is 1.50. The molecule has 0 unspecified atom stereocenters. The van der Waals surface area contributed by atoms with E-state index in [0.29, 0.717) is 0 Å². The van der Waals surface area contributed by atoms with Gasteiger partial charge >= 0.3 is 0 Å². The Labute approximate surface area is 161 Å².